The predicted octanol–water partition coefficient (Wildman–Crippen LogP) is 1.83. The molecule has 8 nitrogen and oxygen atoms in total. The second kappa shape index (κ2) is 7.43. The first-order valence-electron chi connectivity index (χ1n) is 7.88. The lowest BCUT2D eigenvalue weighted by molar-refractivity contribution is -0.384. The highest BCUT2D eigenvalue weighted by atomic mass is 16.6. The van der Waals surface area contributed by atoms with Crippen LogP contribution >= 0.6 is 0 Å². The third-order valence-corrected chi connectivity index (χ3v) is 4.11. The summed E-state index contributed by atoms with van der Waals surface area (Å²) in [7, 11) is 3.83. The maximum atomic E-state index is 12.4. The van der Waals surface area contributed by atoms with Crippen molar-refractivity contribution in [2.24, 2.45) is 0 Å². The number of amides is 1. The van der Waals surface area contributed by atoms with Gasteiger partial charge in [0.25, 0.3) is 11.6 Å². The molecule has 0 bridgehead atoms. The van der Waals surface area contributed by atoms with Crippen LogP contribution in [0.2, 0.25) is 0 Å². The van der Waals surface area contributed by atoms with Crippen molar-refractivity contribution in [3.63, 3.8) is 0 Å². The highest BCUT2D eigenvalue weighted by Gasteiger charge is 2.42. The minimum absolute atomic E-state index is 0.0312. The predicted molar refractivity (Wildman–Crippen MR) is 91.1 cm³/mol. The Kier molecular flexibility index (Phi) is 5.53. The fourth-order valence-electron chi connectivity index (χ4n) is 2.93. The Morgan fingerprint density at radius 3 is 2.40 bits per heavy atom. The number of carbonyl (C=O) groups excluding carboxylic acids is 2. The molecule has 2 rings (SSSR count). The molecule has 0 radical (unpaired) electrons. The van der Waals surface area contributed by atoms with Gasteiger partial charge < -0.3 is 14.9 Å². The van der Waals surface area contributed by atoms with E-state index in [2.05, 4.69) is 0 Å². The zero-order chi connectivity index (χ0) is 18.7. The smallest absolute Gasteiger partial charge is 0.290 e. The summed E-state index contributed by atoms with van der Waals surface area (Å²) in [4.78, 5) is 38.1. The number of benzene rings is 1. The number of non-ortho nitro benzene ring substituents is 1. The second-order valence-electron chi connectivity index (χ2n) is 6.23. The average molecular weight is 347 g/mol. The van der Waals surface area contributed by atoms with E-state index < -0.39 is 28.4 Å². The maximum absolute atomic E-state index is 12.4. The lowest BCUT2D eigenvalue weighted by Crippen LogP contribution is -2.33. The van der Waals surface area contributed by atoms with Crippen molar-refractivity contribution in [2.45, 2.75) is 19.4 Å². The highest BCUT2D eigenvalue weighted by molar-refractivity contribution is 6.08. The fourth-order valence-corrected chi connectivity index (χ4v) is 2.93. The van der Waals surface area contributed by atoms with E-state index >= 15 is 0 Å². The molecule has 0 aromatic heterocycles. The summed E-state index contributed by atoms with van der Waals surface area (Å²) < 4.78 is 0. The molecule has 0 spiro atoms. The Morgan fingerprint density at radius 1 is 1.32 bits per heavy atom. The lowest BCUT2D eigenvalue weighted by Gasteiger charge is -2.27. The summed E-state index contributed by atoms with van der Waals surface area (Å²) in [6, 6.07) is 4.94. The SMILES string of the molecule is CC(=O)C1=C(O)C(=O)N(CCCN(C)C)C1c1ccc([N+](=O)[O-])cc1. The van der Waals surface area contributed by atoms with Gasteiger partial charge in [-0.3, -0.25) is 19.7 Å². The van der Waals surface area contributed by atoms with Crippen LogP contribution in [0.5, 0.6) is 0 Å². The first kappa shape index (κ1) is 18.6. The summed E-state index contributed by atoms with van der Waals surface area (Å²) in [5.41, 5.74) is 0.506. The van der Waals surface area contributed by atoms with Gasteiger partial charge in [-0.1, -0.05) is 0 Å². The third kappa shape index (κ3) is 3.85. The van der Waals surface area contributed by atoms with Gasteiger partial charge in [0.2, 0.25) is 0 Å². The van der Waals surface area contributed by atoms with E-state index in [1.54, 1.807) is 0 Å². The van der Waals surface area contributed by atoms with E-state index in [-0.39, 0.29) is 11.3 Å². The Hall–Kier alpha value is -2.74. The zero-order valence-corrected chi connectivity index (χ0v) is 14.4. The van der Waals surface area contributed by atoms with Gasteiger partial charge in [0.15, 0.2) is 11.5 Å². The van der Waals surface area contributed by atoms with Gasteiger partial charge >= 0.3 is 0 Å². The molecule has 1 aliphatic heterocycles. The van der Waals surface area contributed by atoms with E-state index in [4.69, 9.17) is 0 Å². The first-order valence-corrected chi connectivity index (χ1v) is 7.88. The standard InChI is InChI=1S/C17H21N3O5/c1-11(21)14-15(12-5-7-13(8-6-12)20(24)25)19(17(23)16(14)22)10-4-9-18(2)3/h5-8,15,22H,4,9-10H2,1-3H3. The zero-order valence-electron chi connectivity index (χ0n) is 14.4. The second-order valence-corrected chi connectivity index (χ2v) is 6.23. The molecule has 1 aromatic rings. The van der Waals surface area contributed by atoms with Crippen LogP contribution in [0.3, 0.4) is 0 Å². The summed E-state index contributed by atoms with van der Waals surface area (Å²) in [5.74, 6) is -1.53. The Morgan fingerprint density at radius 2 is 1.92 bits per heavy atom. The monoisotopic (exact) mass is 347 g/mol. The van der Waals surface area contributed by atoms with Crippen molar-refractivity contribution in [1.29, 1.82) is 0 Å². The molecule has 1 atom stereocenters. The van der Waals surface area contributed by atoms with Gasteiger partial charge in [0.1, 0.15) is 0 Å². The van der Waals surface area contributed by atoms with Gasteiger partial charge in [-0.25, -0.2) is 0 Å². The Balaban J connectivity index is 2.37. The normalized spacial score (nSPS) is 17.5. The molecule has 1 aromatic carbocycles. The van der Waals surface area contributed by atoms with E-state index in [1.807, 2.05) is 19.0 Å². The van der Waals surface area contributed by atoms with Crippen molar-refractivity contribution in [3.05, 3.63) is 51.3 Å². The number of rotatable bonds is 7. The van der Waals surface area contributed by atoms with Crippen molar-refractivity contribution in [1.82, 2.24) is 9.80 Å². The van der Waals surface area contributed by atoms with Crippen LogP contribution in [0.4, 0.5) is 5.69 Å². The number of hydrogen-bond acceptors (Lipinski definition) is 6. The topological polar surface area (TPSA) is 104 Å². The van der Waals surface area contributed by atoms with Crippen LogP contribution < -0.4 is 0 Å². The highest BCUT2D eigenvalue weighted by Crippen LogP contribution is 2.38. The minimum atomic E-state index is -0.729. The largest absolute Gasteiger partial charge is 0.503 e. The van der Waals surface area contributed by atoms with Gasteiger partial charge in [0.05, 0.1) is 16.5 Å². The molecule has 0 fully saturated rings. The van der Waals surface area contributed by atoms with E-state index in [0.29, 0.717) is 18.5 Å². The molecular weight excluding hydrogens is 326 g/mol. The Bertz CT molecular complexity index is 724. The molecule has 1 heterocycles. The maximum Gasteiger partial charge on any atom is 0.290 e. The number of nitro groups is 1. The summed E-state index contributed by atoms with van der Waals surface area (Å²) in [5, 5.41) is 20.9. The first-order chi connectivity index (χ1) is 11.7. The Labute approximate surface area is 145 Å². The molecule has 0 aliphatic carbocycles. The van der Waals surface area contributed by atoms with Crippen molar-refractivity contribution in [3.8, 4) is 0 Å². The molecule has 25 heavy (non-hydrogen) atoms. The molecule has 1 aliphatic rings. The quantitative estimate of drug-likeness (QED) is 0.596. The third-order valence-electron chi connectivity index (χ3n) is 4.11. The average Bonchev–Trinajstić information content (AvgIpc) is 2.79. The number of ketones is 1. The molecule has 1 N–H and O–H groups in total. The summed E-state index contributed by atoms with van der Waals surface area (Å²) in [6.07, 6.45) is 0.667. The molecule has 8 heteroatoms. The number of hydrogen-bond donors (Lipinski definition) is 1. The van der Waals surface area contributed by atoms with Crippen LogP contribution in [-0.2, 0) is 9.59 Å². The van der Waals surface area contributed by atoms with Crippen LogP contribution in [-0.4, -0.2) is 58.7 Å². The molecular formula is C17H21N3O5. The van der Waals surface area contributed by atoms with Crippen LogP contribution in [0, 0.1) is 10.1 Å². The van der Waals surface area contributed by atoms with Gasteiger partial charge in [-0.15, -0.1) is 0 Å². The number of aliphatic hydroxyl groups excluding tert-OH is 1. The molecule has 134 valence electrons. The number of nitrogens with zero attached hydrogens (tertiary/aromatic N) is 3. The van der Waals surface area contributed by atoms with Crippen molar-refractivity contribution < 1.29 is 19.6 Å². The number of nitro benzene ring substituents is 1. The van der Waals surface area contributed by atoms with Gasteiger partial charge in [-0.2, -0.15) is 0 Å². The number of carbonyl (C=O) groups is 2. The molecule has 0 saturated heterocycles. The number of aliphatic hydroxyl groups is 1. The minimum Gasteiger partial charge on any atom is -0.503 e. The van der Waals surface area contributed by atoms with Crippen molar-refractivity contribution >= 4 is 17.4 Å². The molecule has 1 amide bonds. The van der Waals surface area contributed by atoms with Gasteiger partial charge in [0, 0.05) is 18.7 Å². The van der Waals surface area contributed by atoms with Crippen LogP contribution in [0.1, 0.15) is 24.9 Å². The van der Waals surface area contributed by atoms with E-state index in [0.717, 1.165) is 6.54 Å². The molecule has 0 saturated carbocycles. The van der Waals surface area contributed by atoms with Crippen LogP contribution in [0.15, 0.2) is 35.6 Å². The summed E-state index contributed by atoms with van der Waals surface area (Å²) >= 11 is 0. The number of Topliss-reactive ketones (excluding diaryl/α,β-unsaturated/α-hetero) is 1. The lowest BCUT2D eigenvalue weighted by atomic mass is 9.96. The van der Waals surface area contributed by atoms with Crippen molar-refractivity contribution in [2.75, 3.05) is 27.2 Å². The summed E-state index contributed by atoms with van der Waals surface area (Å²) in [6.45, 7) is 2.40. The fraction of sp³-hybridized carbons (Fsp3) is 0.412. The van der Waals surface area contributed by atoms with E-state index in [9.17, 15) is 24.8 Å². The van der Waals surface area contributed by atoms with Crippen LogP contribution in [0.25, 0.3) is 0 Å². The van der Waals surface area contributed by atoms with Gasteiger partial charge in [-0.05, 0) is 51.7 Å². The van der Waals surface area contributed by atoms with E-state index in [1.165, 1.54) is 36.1 Å². The molecule has 1 unspecified atom stereocenters.